The number of carboxylic acids is 1. The van der Waals surface area contributed by atoms with Crippen LogP contribution in [-0.2, 0) is 20.7 Å². The van der Waals surface area contributed by atoms with Crippen LogP contribution in [0.15, 0.2) is 30.3 Å². The number of nitrogens with zero attached hydrogens (tertiary/aromatic N) is 1. The lowest BCUT2D eigenvalue weighted by molar-refractivity contribution is -0.151. The fraction of sp³-hybridized carbons (Fsp3) is 0.579. The van der Waals surface area contributed by atoms with Crippen molar-refractivity contribution in [3.63, 3.8) is 0 Å². The molecule has 25 heavy (non-hydrogen) atoms. The summed E-state index contributed by atoms with van der Waals surface area (Å²) in [5, 5.41) is 9.41. The average Bonchev–Trinajstić information content (AvgIpc) is 2.99. The first-order chi connectivity index (χ1) is 11.8. The van der Waals surface area contributed by atoms with E-state index in [9.17, 15) is 14.7 Å². The van der Waals surface area contributed by atoms with Crippen LogP contribution in [0.1, 0.15) is 39.2 Å². The molecule has 0 aliphatic carbocycles. The maximum absolute atomic E-state index is 12.3. The van der Waals surface area contributed by atoms with Gasteiger partial charge in [0.05, 0.1) is 12.6 Å². The van der Waals surface area contributed by atoms with Crippen molar-refractivity contribution < 1.29 is 24.2 Å². The first-order valence-corrected chi connectivity index (χ1v) is 8.64. The summed E-state index contributed by atoms with van der Waals surface area (Å²) in [5.74, 6) is -0.995. The zero-order chi connectivity index (χ0) is 18.4. The van der Waals surface area contributed by atoms with Crippen LogP contribution in [0, 0.1) is 0 Å². The monoisotopic (exact) mass is 349 g/mol. The van der Waals surface area contributed by atoms with Crippen molar-refractivity contribution in [1.82, 2.24) is 4.90 Å². The molecule has 1 N–H and O–H groups in total. The summed E-state index contributed by atoms with van der Waals surface area (Å²) in [6.45, 7) is 6.29. The van der Waals surface area contributed by atoms with Gasteiger partial charge in [-0.2, -0.15) is 0 Å². The van der Waals surface area contributed by atoms with Crippen LogP contribution >= 0.6 is 0 Å². The van der Waals surface area contributed by atoms with E-state index in [-0.39, 0.29) is 18.7 Å². The predicted molar refractivity (Wildman–Crippen MR) is 93.5 cm³/mol. The third-order valence-corrected chi connectivity index (χ3v) is 4.03. The third kappa shape index (κ3) is 6.05. The Morgan fingerprint density at radius 3 is 2.56 bits per heavy atom. The lowest BCUT2D eigenvalue weighted by Crippen LogP contribution is -2.43. The lowest BCUT2D eigenvalue weighted by Gasteiger charge is -2.29. The van der Waals surface area contributed by atoms with Crippen LogP contribution in [-0.4, -0.2) is 53.0 Å². The van der Waals surface area contributed by atoms with E-state index in [2.05, 4.69) is 0 Å². The van der Waals surface area contributed by atoms with Crippen LogP contribution < -0.4 is 0 Å². The molecule has 1 aliphatic heterocycles. The number of carbonyl (C=O) groups excluding carboxylic acids is 1. The molecule has 0 bridgehead atoms. The fourth-order valence-corrected chi connectivity index (χ4v) is 2.84. The molecule has 2 rings (SSSR count). The zero-order valence-electron chi connectivity index (χ0n) is 15.1. The molecule has 1 aromatic carbocycles. The maximum Gasteiger partial charge on any atom is 0.410 e. The molecule has 1 aromatic rings. The normalized spacial score (nSPS) is 18.8. The van der Waals surface area contributed by atoms with E-state index in [0.29, 0.717) is 13.0 Å². The summed E-state index contributed by atoms with van der Waals surface area (Å²) in [5.41, 5.74) is 0.354. The van der Waals surface area contributed by atoms with E-state index in [0.717, 1.165) is 18.4 Å². The van der Waals surface area contributed by atoms with E-state index in [1.165, 1.54) is 0 Å². The molecule has 1 aliphatic rings. The highest BCUT2D eigenvalue weighted by molar-refractivity contribution is 5.72. The van der Waals surface area contributed by atoms with Crippen molar-refractivity contribution in [1.29, 1.82) is 0 Å². The molecule has 0 unspecified atom stereocenters. The Morgan fingerprint density at radius 2 is 1.96 bits per heavy atom. The quantitative estimate of drug-likeness (QED) is 0.854. The van der Waals surface area contributed by atoms with Gasteiger partial charge in [0.2, 0.25) is 0 Å². The molecule has 0 saturated carbocycles. The summed E-state index contributed by atoms with van der Waals surface area (Å²) in [4.78, 5) is 25.4. The van der Waals surface area contributed by atoms with Gasteiger partial charge in [-0.05, 0) is 39.2 Å². The lowest BCUT2D eigenvalue weighted by atomic mass is 10.1. The average molecular weight is 349 g/mol. The molecular weight excluding hydrogens is 322 g/mol. The van der Waals surface area contributed by atoms with Crippen molar-refractivity contribution in [2.45, 2.75) is 57.8 Å². The van der Waals surface area contributed by atoms with Gasteiger partial charge in [-0.15, -0.1) is 0 Å². The third-order valence-electron chi connectivity index (χ3n) is 4.03. The minimum absolute atomic E-state index is 0.146. The molecule has 6 nitrogen and oxygen atoms in total. The molecule has 138 valence electrons. The molecule has 2 atom stereocenters. The topological polar surface area (TPSA) is 76.1 Å². The van der Waals surface area contributed by atoms with Crippen LogP contribution in [0.3, 0.4) is 0 Å². The number of rotatable bonds is 6. The van der Waals surface area contributed by atoms with Gasteiger partial charge in [-0.3, -0.25) is 0 Å². The number of likely N-dealkylation sites (tertiary alicyclic amines) is 1. The van der Waals surface area contributed by atoms with E-state index in [4.69, 9.17) is 9.47 Å². The Hall–Kier alpha value is -2.08. The number of carboxylic acid groups (broad SMARTS) is 1. The minimum Gasteiger partial charge on any atom is -0.479 e. The second-order valence-electron chi connectivity index (χ2n) is 7.32. The Balaban J connectivity index is 1.92. The van der Waals surface area contributed by atoms with Crippen molar-refractivity contribution >= 4 is 12.1 Å². The Bertz CT molecular complexity index is 581. The number of benzene rings is 1. The van der Waals surface area contributed by atoms with Gasteiger partial charge in [0.1, 0.15) is 5.60 Å². The van der Waals surface area contributed by atoms with E-state index >= 15 is 0 Å². The summed E-state index contributed by atoms with van der Waals surface area (Å²) >= 11 is 0. The molecule has 1 fully saturated rings. The highest BCUT2D eigenvalue weighted by Gasteiger charge is 2.33. The highest BCUT2D eigenvalue weighted by atomic mass is 16.6. The van der Waals surface area contributed by atoms with E-state index in [1.807, 2.05) is 51.1 Å². The number of aliphatic carboxylic acids is 1. The van der Waals surface area contributed by atoms with Crippen molar-refractivity contribution in [2.24, 2.45) is 0 Å². The van der Waals surface area contributed by atoms with Gasteiger partial charge in [0, 0.05) is 13.0 Å². The highest BCUT2D eigenvalue weighted by Crippen LogP contribution is 2.21. The van der Waals surface area contributed by atoms with E-state index in [1.54, 1.807) is 4.90 Å². The molecule has 1 saturated heterocycles. The first kappa shape index (κ1) is 19.2. The fourth-order valence-electron chi connectivity index (χ4n) is 2.84. The second-order valence-corrected chi connectivity index (χ2v) is 7.32. The molecular formula is C19H27NO5. The largest absolute Gasteiger partial charge is 0.479 e. The van der Waals surface area contributed by atoms with E-state index < -0.39 is 17.7 Å². The minimum atomic E-state index is -0.995. The van der Waals surface area contributed by atoms with Crippen LogP contribution in [0.5, 0.6) is 0 Å². The molecule has 0 spiro atoms. The van der Waals surface area contributed by atoms with Gasteiger partial charge < -0.3 is 19.5 Å². The number of hydrogen-bond acceptors (Lipinski definition) is 4. The summed E-state index contributed by atoms with van der Waals surface area (Å²) in [6.07, 6.45) is 0.660. The molecule has 6 heteroatoms. The van der Waals surface area contributed by atoms with Gasteiger partial charge in [0.25, 0.3) is 0 Å². The van der Waals surface area contributed by atoms with Crippen LogP contribution in [0.25, 0.3) is 0 Å². The Kier molecular flexibility index (Phi) is 6.42. The van der Waals surface area contributed by atoms with Crippen molar-refractivity contribution in [3.05, 3.63) is 35.9 Å². The number of hydrogen-bond donors (Lipinski definition) is 1. The summed E-state index contributed by atoms with van der Waals surface area (Å²) < 4.78 is 11.1. The zero-order valence-corrected chi connectivity index (χ0v) is 15.1. The van der Waals surface area contributed by atoms with Gasteiger partial charge in [-0.1, -0.05) is 30.3 Å². The predicted octanol–water partition coefficient (Wildman–Crippen LogP) is 3.10. The van der Waals surface area contributed by atoms with Gasteiger partial charge in [-0.25, -0.2) is 9.59 Å². The Morgan fingerprint density at radius 1 is 1.28 bits per heavy atom. The Labute approximate surface area is 148 Å². The van der Waals surface area contributed by atoms with Crippen molar-refractivity contribution in [2.75, 3.05) is 13.2 Å². The second kappa shape index (κ2) is 8.34. The van der Waals surface area contributed by atoms with Crippen LogP contribution in [0.2, 0.25) is 0 Å². The standard InChI is InChI=1S/C19H27NO5/c1-19(2,3)25-18(23)20-11-7-10-15(20)13-24-16(17(21)22)12-14-8-5-4-6-9-14/h4-6,8-9,15-16H,7,10-13H2,1-3H3,(H,21,22)/t15-,16-/m0/s1. The molecule has 1 heterocycles. The number of amides is 1. The number of ether oxygens (including phenoxy) is 2. The molecule has 0 radical (unpaired) electrons. The SMILES string of the molecule is CC(C)(C)OC(=O)N1CCC[C@H]1CO[C@@H](Cc1ccccc1)C(=O)O. The maximum atomic E-state index is 12.3. The van der Waals surface area contributed by atoms with Crippen LogP contribution in [0.4, 0.5) is 4.79 Å². The summed E-state index contributed by atoms with van der Waals surface area (Å²) in [6, 6.07) is 9.24. The molecule has 1 amide bonds. The smallest absolute Gasteiger partial charge is 0.410 e. The molecule has 0 aromatic heterocycles. The van der Waals surface area contributed by atoms with Crippen molar-refractivity contribution in [3.8, 4) is 0 Å². The van der Waals surface area contributed by atoms with Gasteiger partial charge >= 0.3 is 12.1 Å². The number of carbonyl (C=O) groups is 2. The summed E-state index contributed by atoms with van der Waals surface area (Å²) in [7, 11) is 0. The van der Waals surface area contributed by atoms with Gasteiger partial charge in [0.15, 0.2) is 6.10 Å². The first-order valence-electron chi connectivity index (χ1n) is 8.64.